The van der Waals surface area contributed by atoms with Gasteiger partial charge in [0.05, 0.1) is 6.61 Å². The van der Waals surface area contributed by atoms with Crippen LogP contribution in [0.1, 0.15) is 57.4 Å². The molecule has 0 spiro atoms. The number of benzene rings is 2. The van der Waals surface area contributed by atoms with Crippen molar-refractivity contribution in [3.63, 3.8) is 0 Å². The fourth-order valence-corrected chi connectivity index (χ4v) is 3.72. The first-order valence-corrected chi connectivity index (χ1v) is 8.57. The average molecular weight is 300 g/mol. The second-order valence-corrected chi connectivity index (χ2v) is 6.42. The Hall–Kier alpha value is -1.57. The zero-order valence-corrected chi connectivity index (χ0v) is 13.6. The molecule has 1 aliphatic rings. The highest BCUT2D eigenvalue weighted by atomic mass is 19.1. The lowest BCUT2D eigenvalue weighted by molar-refractivity contribution is 0.319. The van der Waals surface area contributed by atoms with Gasteiger partial charge in [0.25, 0.3) is 0 Å². The van der Waals surface area contributed by atoms with Crippen LogP contribution in [0.4, 0.5) is 4.39 Å². The van der Waals surface area contributed by atoms with Crippen molar-refractivity contribution in [1.29, 1.82) is 0 Å². The number of halogens is 1. The maximum atomic E-state index is 14.4. The molecule has 2 heteroatoms. The zero-order chi connectivity index (χ0) is 15.5. The molecule has 2 aromatic carbocycles. The van der Waals surface area contributed by atoms with Crippen molar-refractivity contribution < 1.29 is 9.13 Å². The van der Waals surface area contributed by atoms with E-state index in [9.17, 15) is 4.39 Å². The van der Waals surface area contributed by atoms with E-state index in [1.165, 1.54) is 37.7 Å². The highest BCUT2D eigenvalue weighted by Gasteiger charge is 2.21. The van der Waals surface area contributed by atoms with Gasteiger partial charge in [0.15, 0.2) is 11.6 Å². The molecule has 22 heavy (non-hydrogen) atoms. The lowest BCUT2D eigenvalue weighted by atomic mass is 9.77. The summed E-state index contributed by atoms with van der Waals surface area (Å²) in [6.07, 6.45) is 6.50. The summed E-state index contributed by atoms with van der Waals surface area (Å²) in [4.78, 5) is 0. The zero-order valence-electron chi connectivity index (χ0n) is 13.6. The van der Waals surface area contributed by atoms with Crippen molar-refractivity contribution in [1.82, 2.24) is 0 Å². The van der Waals surface area contributed by atoms with E-state index in [2.05, 4.69) is 19.1 Å². The smallest absolute Gasteiger partial charge is 0.172 e. The van der Waals surface area contributed by atoms with E-state index in [1.807, 2.05) is 19.1 Å². The molecule has 0 radical (unpaired) electrons. The number of fused-ring (bicyclic) bond motifs is 1. The quantitative estimate of drug-likeness (QED) is 0.666. The van der Waals surface area contributed by atoms with Crippen LogP contribution in [0.5, 0.6) is 5.75 Å². The number of rotatable bonds is 4. The monoisotopic (exact) mass is 300 g/mol. The lowest BCUT2D eigenvalue weighted by Gasteiger charge is -2.28. The molecule has 2 aromatic rings. The first-order chi connectivity index (χ1) is 10.7. The summed E-state index contributed by atoms with van der Waals surface area (Å²) < 4.78 is 19.7. The summed E-state index contributed by atoms with van der Waals surface area (Å²) in [5.41, 5.74) is 1.37. The third kappa shape index (κ3) is 2.97. The minimum atomic E-state index is -0.236. The van der Waals surface area contributed by atoms with Crippen LogP contribution < -0.4 is 4.74 Å². The van der Waals surface area contributed by atoms with E-state index in [0.717, 1.165) is 11.3 Å². The average Bonchev–Trinajstić information content (AvgIpc) is 2.57. The van der Waals surface area contributed by atoms with E-state index in [0.29, 0.717) is 23.7 Å². The summed E-state index contributed by atoms with van der Waals surface area (Å²) in [5.74, 6) is 1.66. The summed E-state index contributed by atoms with van der Waals surface area (Å²) in [6.45, 7) is 4.65. The Bertz CT molecular complexity index is 641. The van der Waals surface area contributed by atoms with Crippen LogP contribution in [-0.4, -0.2) is 6.61 Å². The third-order valence-corrected chi connectivity index (χ3v) is 5.14. The van der Waals surface area contributed by atoms with E-state index < -0.39 is 0 Å². The fraction of sp³-hybridized carbons (Fsp3) is 0.500. The normalized spacial score (nSPS) is 22.0. The molecule has 1 nitrogen and oxygen atoms in total. The van der Waals surface area contributed by atoms with Crippen LogP contribution in [0.15, 0.2) is 30.3 Å². The SMILES string of the molecule is CCOc1ccc2cc(C3CCC(CC)CC3)ccc2c1F. The van der Waals surface area contributed by atoms with Gasteiger partial charge < -0.3 is 4.74 Å². The number of ether oxygens (including phenoxy) is 1. The molecule has 1 fully saturated rings. The first-order valence-electron chi connectivity index (χ1n) is 8.57. The van der Waals surface area contributed by atoms with Crippen molar-refractivity contribution in [2.24, 2.45) is 5.92 Å². The van der Waals surface area contributed by atoms with E-state index in [-0.39, 0.29) is 5.82 Å². The second kappa shape index (κ2) is 6.68. The maximum Gasteiger partial charge on any atom is 0.172 e. The van der Waals surface area contributed by atoms with E-state index >= 15 is 0 Å². The maximum absolute atomic E-state index is 14.4. The van der Waals surface area contributed by atoms with Gasteiger partial charge >= 0.3 is 0 Å². The molecule has 0 saturated heterocycles. The minimum absolute atomic E-state index is 0.236. The predicted octanol–water partition coefficient (Wildman–Crippen LogP) is 6.06. The molecule has 118 valence electrons. The fourth-order valence-electron chi connectivity index (χ4n) is 3.72. The summed E-state index contributed by atoms with van der Waals surface area (Å²) in [7, 11) is 0. The van der Waals surface area contributed by atoms with Gasteiger partial charge in [-0.3, -0.25) is 0 Å². The highest BCUT2D eigenvalue weighted by Crippen LogP contribution is 2.38. The first kappa shape index (κ1) is 15.3. The lowest BCUT2D eigenvalue weighted by Crippen LogP contribution is -2.12. The Morgan fingerprint density at radius 3 is 2.50 bits per heavy atom. The van der Waals surface area contributed by atoms with Gasteiger partial charge in [-0.2, -0.15) is 0 Å². The molecule has 0 aromatic heterocycles. The Balaban J connectivity index is 1.86. The summed E-state index contributed by atoms with van der Waals surface area (Å²) >= 11 is 0. The Morgan fingerprint density at radius 1 is 1.05 bits per heavy atom. The molecule has 0 unspecified atom stereocenters. The Kier molecular flexibility index (Phi) is 4.66. The minimum Gasteiger partial charge on any atom is -0.491 e. The van der Waals surface area contributed by atoms with Gasteiger partial charge in [0, 0.05) is 5.39 Å². The van der Waals surface area contributed by atoms with Gasteiger partial charge in [0.2, 0.25) is 0 Å². The molecule has 1 aliphatic carbocycles. The summed E-state index contributed by atoms with van der Waals surface area (Å²) in [6, 6.07) is 9.93. The van der Waals surface area contributed by atoms with Crippen molar-refractivity contribution in [3.8, 4) is 5.75 Å². The van der Waals surface area contributed by atoms with Gasteiger partial charge in [-0.15, -0.1) is 0 Å². The molecule has 0 aliphatic heterocycles. The van der Waals surface area contributed by atoms with Gasteiger partial charge in [-0.05, 0) is 61.5 Å². The van der Waals surface area contributed by atoms with Crippen molar-refractivity contribution in [3.05, 3.63) is 41.7 Å². The molecule has 0 amide bonds. The van der Waals surface area contributed by atoms with Crippen LogP contribution in [0.3, 0.4) is 0 Å². The molecular weight excluding hydrogens is 275 g/mol. The summed E-state index contributed by atoms with van der Waals surface area (Å²) in [5, 5.41) is 1.65. The molecule has 1 saturated carbocycles. The molecular formula is C20H25FO. The third-order valence-electron chi connectivity index (χ3n) is 5.14. The molecule has 0 atom stereocenters. The largest absolute Gasteiger partial charge is 0.491 e. The van der Waals surface area contributed by atoms with Crippen LogP contribution in [-0.2, 0) is 0 Å². The molecule has 3 rings (SSSR count). The predicted molar refractivity (Wildman–Crippen MR) is 90.1 cm³/mol. The van der Waals surface area contributed by atoms with Crippen molar-refractivity contribution >= 4 is 10.8 Å². The van der Waals surface area contributed by atoms with Gasteiger partial charge in [-0.25, -0.2) is 4.39 Å². The molecule has 0 bridgehead atoms. The number of hydrogen-bond donors (Lipinski definition) is 0. The van der Waals surface area contributed by atoms with Gasteiger partial charge in [-0.1, -0.05) is 37.6 Å². The van der Waals surface area contributed by atoms with E-state index in [1.54, 1.807) is 6.07 Å². The molecule has 0 heterocycles. The van der Waals surface area contributed by atoms with Crippen LogP contribution in [0, 0.1) is 11.7 Å². The Labute approximate surface area is 132 Å². The standard InChI is InChI=1S/C20H25FO/c1-3-14-5-7-15(8-6-14)16-9-11-18-17(13-16)10-12-19(20(18)21)22-4-2/h9-15H,3-8H2,1-2H3. The second-order valence-electron chi connectivity index (χ2n) is 6.42. The van der Waals surface area contributed by atoms with Crippen LogP contribution in [0.25, 0.3) is 10.8 Å². The number of hydrogen-bond acceptors (Lipinski definition) is 1. The Morgan fingerprint density at radius 2 is 1.82 bits per heavy atom. The van der Waals surface area contributed by atoms with Crippen LogP contribution in [0.2, 0.25) is 0 Å². The van der Waals surface area contributed by atoms with E-state index in [4.69, 9.17) is 4.74 Å². The topological polar surface area (TPSA) is 9.23 Å². The molecule has 0 N–H and O–H groups in total. The van der Waals surface area contributed by atoms with Crippen molar-refractivity contribution in [2.75, 3.05) is 6.61 Å². The van der Waals surface area contributed by atoms with Crippen molar-refractivity contribution in [2.45, 2.75) is 51.9 Å². The van der Waals surface area contributed by atoms with Gasteiger partial charge in [0.1, 0.15) is 0 Å². The highest BCUT2D eigenvalue weighted by molar-refractivity contribution is 5.85. The van der Waals surface area contributed by atoms with Crippen LogP contribution >= 0.6 is 0 Å².